The van der Waals surface area contributed by atoms with Gasteiger partial charge in [0.25, 0.3) is 0 Å². The summed E-state index contributed by atoms with van der Waals surface area (Å²) in [4.78, 5) is 2.18. The molecule has 0 saturated carbocycles. The highest BCUT2D eigenvalue weighted by Gasteiger charge is 2.20. The standard InChI is InChI=1S/C16H25NO2/c1-5-16(3,18)13-17(9-10-19-4)12-15-8-6-7-14(2)11-15/h5-8,11,18H,1,9-10,12-13H2,2-4H3. The SMILES string of the molecule is C=CC(C)(O)CN(CCOC)Cc1cccc(C)c1. The summed E-state index contributed by atoms with van der Waals surface area (Å²) in [7, 11) is 1.69. The predicted octanol–water partition coefficient (Wildman–Crippen LogP) is 2.38. The van der Waals surface area contributed by atoms with Gasteiger partial charge >= 0.3 is 0 Å². The molecule has 19 heavy (non-hydrogen) atoms. The number of rotatable bonds is 8. The second kappa shape index (κ2) is 7.43. The first-order chi connectivity index (χ1) is 8.96. The van der Waals surface area contributed by atoms with Gasteiger partial charge in [-0.1, -0.05) is 35.9 Å². The van der Waals surface area contributed by atoms with E-state index in [9.17, 15) is 5.11 Å². The summed E-state index contributed by atoms with van der Waals surface area (Å²) in [5, 5.41) is 10.1. The highest BCUT2D eigenvalue weighted by Crippen LogP contribution is 2.12. The minimum atomic E-state index is -0.877. The van der Waals surface area contributed by atoms with Crippen molar-refractivity contribution in [3.8, 4) is 0 Å². The van der Waals surface area contributed by atoms with E-state index in [0.717, 1.165) is 13.1 Å². The molecule has 0 aliphatic carbocycles. The fourth-order valence-corrected chi connectivity index (χ4v) is 2.02. The van der Waals surface area contributed by atoms with Crippen LogP contribution in [-0.4, -0.2) is 42.4 Å². The molecule has 0 aliphatic rings. The summed E-state index contributed by atoms with van der Waals surface area (Å²) >= 11 is 0. The molecular weight excluding hydrogens is 238 g/mol. The Labute approximate surface area is 116 Å². The van der Waals surface area contributed by atoms with Crippen LogP contribution < -0.4 is 0 Å². The van der Waals surface area contributed by atoms with Crippen LogP contribution in [0.4, 0.5) is 0 Å². The normalized spacial score (nSPS) is 14.4. The maximum Gasteiger partial charge on any atom is 0.0923 e. The van der Waals surface area contributed by atoms with Crippen molar-refractivity contribution in [2.24, 2.45) is 0 Å². The number of methoxy groups -OCH3 is 1. The van der Waals surface area contributed by atoms with Crippen molar-refractivity contribution in [2.45, 2.75) is 26.0 Å². The fourth-order valence-electron chi connectivity index (χ4n) is 2.02. The van der Waals surface area contributed by atoms with Gasteiger partial charge in [0.15, 0.2) is 0 Å². The second-order valence-corrected chi connectivity index (χ2v) is 5.25. The van der Waals surface area contributed by atoms with E-state index >= 15 is 0 Å². The Bertz CT molecular complexity index is 401. The lowest BCUT2D eigenvalue weighted by Crippen LogP contribution is -2.40. The first-order valence-electron chi connectivity index (χ1n) is 6.59. The molecule has 1 aromatic carbocycles. The van der Waals surface area contributed by atoms with E-state index in [1.807, 2.05) is 0 Å². The van der Waals surface area contributed by atoms with Gasteiger partial charge in [-0.3, -0.25) is 4.90 Å². The van der Waals surface area contributed by atoms with Gasteiger partial charge in [-0.25, -0.2) is 0 Å². The van der Waals surface area contributed by atoms with Gasteiger partial charge in [-0.05, 0) is 19.4 Å². The van der Waals surface area contributed by atoms with Crippen molar-refractivity contribution in [3.05, 3.63) is 48.0 Å². The van der Waals surface area contributed by atoms with Crippen LogP contribution in [-0.2, 0) is 11.3 Å². The Morgan fingerprint density at radius 1 is 1.47 bits per heavy atom. The van der Waals surface area contributed by atoms with E-state index in [0.29, 0.717) is 13.2 Å². The molecular formula is C16H25NO2. The van der Waals surface area contributed by atoms with Crippen LogP contribution >= 0.6 is 0 Å². The zero-order chi connectivity index (χ0) is 14.3. The van der Waals surface area contributed by atoms with E-state index in [4.69, 9.17) is 4.74 Å². The van der Waals surface area contributed by atoms with Gasteiger partial charge in [0.05, 0.1) is 12.2 Å². The van der Waals surface area contributed by atoms with Crippen LogP contribution in [0.25, 0.3) is 0 Å². The molecule has 3 heteroatoms. The summed E-state index contributed by atoms with van der Waals surface area (Å²) < 4.78 is 5.13. The molecule has 0 aromatic heterocycles. The molecule has 0 radical (unpaired) electrons. The molecule has 0 saturated heterocycles. The zero-order valence-corrected chi connectivity index (χ0v) is 12.2. The van der Waals surface area contributed by atoms with Gasteiger partial charge in [-0.2, -0.15) is 0 Å². The lowest BCUT2D eigenvalue weighted by Gasteiger charge is -2.29. The van der Waals surface area contributed by atoms with E-state index in [1.165, 1.54) is 11.1 Å². The van der Waals surface area contributed by atoms with Gasteiger partial charge in [-0.15, -0.1) is 6.58 Å². The maximum atomic E-state index is 10.1. The van der Waals surface area contributed by atoms with Crippen molar-refractivity contribution in [1.29, 1.82) is 0 Å². The van der Waals surface area contributed by atoms with Crippen molar-refractivity contribution < 1.29 is 9.84 Å². The third-order valence-corrected chi connectivity index (χ3v) is 3.08. The molecule has 1 unspecified atom stereocenters. The van der Waals surface area contributed by atoms with Gasteiger partial charge in [0.2, 0.25) is 0 Å². The third-order valence-electron chi connectivity index (χ3n) is 3.08. The highest BCUT2D eigenvalue weighted by atomic mass is 16.5. The number of ether oxygens (including phenoxy) is 1. The minimum absolute atomic E-state index is 0.549. The molecule has 0 amide bonds. The topological polar surface area (TPSA) is 32.7 Å². The van der Waals surface area contributed by atoms with Crippen LogP contribution in [0, 0.1) is 6.92 Å². The van der Waals surface area contributed by atoms with Crippen LogP contribution in [0.3, 0.4) is 0 Å². The van der Waals surface area contributed by atoms with Crippen LogP contribution in [0.5, 0.6) is 0 Å². The van der Waals surface area contributed by atoms with Gasteiger partial charge in [0.1, 0.15) is 0 Å². The van der Waals surface area contributed by atoms with Crippen molar-refractivity contribution in [2.75, 3.05) is 26.8 Å². The van der Waals surface area contributed by atoms with Crippen LogP contribution in [0.1, 0.15) is 18.1 Å². The molecule has 1 N–H and O–H groups in total. The molecule has 0 bridgehead atoms. The highest BCUT2D eigenvalue weighted by molar-refractivity contribution is 5.22. The lowest BCUT2D eigenvalue weighted by molar-refractivity contribution is 0.0466. The van der Waals surface area contributed by atoms with Crippen molar-refractivity contribution in [3.63, 3.8) is 0 Å². The summed E-state index contributed by atoms with van der Waals surface area (Å²) in [6.45, 7) is 10.3. The predicted molar refractivity (Wildman–Crippen MR) is 79.2 cm³/mol. The molecule has 3 nitrogen and oxygen atoms in total. The monoisotopic (exact) mass is 263 g/mol. The number of hydrogen-bond acceptors (Lipinski definition) is 3. The Morgan fingerprint density at radius 2 is 2.21 bits per heavy atom. The summed E-state index contributed by atoms with van der Waals surface area (Å²) in [5.74, 6) is 0. The molecule has 1 rings (SSSR count). The van der Waals surface area contributed by atoms with Crippen LogP contribution in [0.15, 0.2) is 36.9 Å². The second-order valence-electron chi connectivity index (χ2n) is 5.25. The summed E-state index contributed by atoms with van der Waals surface area (Å²) in [6, 6.07) is 8.42. The van der Waals surface area contributed by atoms with Crippen LogP contribution in [0.2, 0.25) is 0 Å². The minimum Gasteiger partial charge on any atom is -0.385 e. The zero-order valence-electron chi connectivity index (χ0n) is 12.2. The molecule has 1 atom stereocenters. The average Bonchev–Trinajstić information content (AvgIpc) is 2.35. The average molecular weight is 263 g/mol. The van der Waals surface area contributed by atoms with E-state index in [1.54, 1.807) is 20.1 Å². The third kappa shape index (κ3) is 6.01. The Hall–Kier alpha value is -1.16. The Morgan fingerprint density at radius 3 is 2.79 bits per heavy atom. The largest absolute Gasteiger partial charge is 0.385 e. The molecule has 0 aliphatic heterocycles. The quantitative estimate of drug-likeness (QED) is 0.731. The number of nitrogens with zero attached hydrogens (tertiary/aromatic N) is 1. The summed E-state index contributed by atoms with van der Waals surface area (Å²) in [5.41, 5.74) is 1.62. The number of aliphatic hydroxyl groups is 1. The number of hydrogen-bond donors (Lipinski definition) is 1. The number of benzene rings is 1. The maximum absolute atomic E-state index is 10.1. The smallest absolute Gasteiger partial charge is 0.0923 e. The van der Waals surface area contributed by atoms with Crippen molar-refractivity contribution >= 4 is 0 Å². The molecule has 0 spiro atoms. The Kier molecular flexibility index (Phi) is 6.22. The first kappa shape index (κ1) is 15.9. The fraction of sp³-hybridized carbons (Fsp3) is 0.500. The summed E-state index contributed by atoms with van der Waals surface area (Å²) in [6.07, 6.45) is 1.59. The molecule has 0 heterocycles. The first-order valence-corrected chi connectivity index (χ1v) is 6.59. The molecule has 106 valence electrons. The molecule has 0 fully saturated rings. The molecule has 1 aromatic rings. The van der Waals surface area contributed by atoms with Gasteiger partial charge in [0, 0.05) is 26.7 Å². The van der Waals surface area contributed by atoms with Gasteiger partial charge < -0.3 is 9.84 Å². The van der Waals surface area contributed by atoms with E-state index in [2.05, 4.69) is 42.7 Å². The van der Waals surface area contributed by atoms with E-state index < -0.39 is 5.60 Å². The number of aryl methyl sites for hydroxylation is 1. The lowest BCUT2D eigenvalue weighted by atomic mass is 10.1. The Balaban J connectivity index is 2.71. The van der Waals surface area contributed by atoms with Crippen molar-refractivity contribution in [1.82, 2.24) is 4.90 Å². The van der Waals surface area contributed by atoms with E-state index in [-0.39, 0.29) is 0 Å².